The summed E-state index contributed by atoms with van der Waals surface area (Å²) < 4.78 is 16.8. The minimum Gasteiger partial charge on any atom is -0.456 e. The number of aromatic nitrogens is 4. The molecule has 5 heteroatoms. The van der Waals surface area contributed by atoms with Crippen molar-refractivity contribution in [2.45, 2.75) is 0 Å². The predicted octanol–water partition coefficient (Wildman–Crippen LogP) is 17.7. The SMILES string of the molecule is c1ccc(-n2c3ccccc3c3c4c5cc6c7c8c9ccccc9n(-c9ccccc9)c8cc8c9ccccc9n(c6c(-c6ccc9oc%10ccccc%10c9c6)c5n5c6ccccc6c(cc32)c45)c87)cc1. The molecule has 0 saturated heterocycles. The summed E-state index contributed by atoms with van der Waals surface area (Å²) in [6, 6.07) is 80.8. The summed E-state index contributed by atoms with van der Waals surface area (Å²) in [4.78, 5) is 0. The Kier molecular flexibility index (Phi) is 6.54. The lowest BCUT2D eigenvalue weighted by atomic mass is 9.94. The molecule has 7 heterocycles. The lowest BCUT2D eigenvalue weighted by molar-refractivity contribution is 0.669. The highest BCUT2D eigenvalue weighted by Gasteiger charge is 2.31. The molecule has 0 fully saturated rings. The van der Waals surface area contributed by atoms with Crippen molar-refractivity contribution in [2.75, 3.05) is 0 Å². The van der Waals surface area contributed by atoms with E-state index in [0.29, 0.717) is 0 Å². The molecule has 0 spiro atoms. The number of benzene rings is 11. The van der Waals surface area contributed by atoms with E-state index < -0.39 is 0 Å². The second-order valence-corrected chi connectivity index (χ2v) is 19.5. The van der Waals surface area contributed by atoms with Crippen molar-refractivity contribution in [2.24, 2.45) is 0 Å². The van der Waals surface area contributed by atoms with Gasteiger partial charge in [-0.05, 0) is 90.5 Å². The van der Waals surface area contributed by atoms with Crippen LogP contribution in [-0.2, 0) is 0 Å². The highest BCUT2D eigenvalue weighted by Crippen LogP contribution is 2.54. The van der Waals surface area contributed by atoms with Crippen LogP contribution in [-0.4, -0.2) is 17.9 Å². The van der Waals surface area contributed by atoms with Crippen molar-refractivity contribution in [3.8, 4) is 22.5 Å². The molecule has 0 N–H and O–H groups in total. The van der Waals surface area contributed by atoms with Gasteiger partial charge in [0.1, 0.15) is 11.2 Å². The van der Waals surface area contributed by atoms with E-state index in [-0.39, 0.29) is 0 Å². The topological polar surface area (TPSA) is 31.8 Å². The van der Waals surface area contributed by atoms with Gasteiger partial charge in [0.25, 0.3) is 0 Å². The van der Waals surface area contributed by atoms with Crippen molar-refractivity contribution in [3.05, 3.63) is 218 Å². The zero-order valence-electron chi connectivity index (χ0n) is 38.0. The molecule has 0 atom stereocenters. The molecule has 0 saturated carbocycles. The maximum absolute atomic E-state index is 6.55. The quantitative estimate of drug-likeness (QED) is 0.174. The number of furan rings is 1. The monoisotopic (exact) mass is 900 g/mol. The molecular weight excluding hydrogens is 865 g/mol. The number of para-hydroxylation sites is 7. The summed E-state index contributed by atoms with van der Waals surface area (Å²) >= 11 is 0. The standard InChI is InChI=1S/C66H36N4O/c1-3-17-38(18-4-1)67-52-28-14-9-24-43(52)59-54(67)35-46-40-21-7-12-26-50(40)69-63(46)61(59)48-34-49-62-60-44-25-10-15-29-53(44)68(39-19-5-2-6-20-39)55(60)36-47-41-22-8-13-27-51(41)70(64(47)62)66(49)58(65(48)69)37-31-32-57-45(33-37)42-23-11-16-30-56(42)71-57/h1-36H. The van der Waals surface area contributed by atoms with E-state index in [2.05, 4.69) is 236 Å². The maximum atomic E-state index is 6.55. The van der Waals surface area contributed by atoms with Gasteiger partial charge in [-0.1, -0.05) is 133 Å². The Bertz CT molecular complexity index is 5060. The van der Waals surface area contributed by atoms with E-state index in [1.807, 2.05) is 0 Å². The van der Waals surface area contributed by atoms with Crippen LogP contribution in [0.5, 0.6) is 0 Å². The molecule has 18 rings (SSSR count). The van der Waals surface area contributed by atoms with Gasteiger partial charge in [-0.2, -0.15) is 0 Å². The van der Waals surface area contributed by atoms with Gasteiger partial charge in [-0.15, -0.1) is 0 Å². The Morgan fingerprint density at radius 2 is 0.690 bits per heavy atom. The minimum atomic E-state index is 0.888. The van der Waals surface area contributed by atoms with Crippen LogP contribution in [0.3, 0.4) is 0 Å². The van der Waals surface area contributed by atoms with Crippen LogP contribution in [0.1, 0.15) is 0 Å². The van der Waals surface area contributed by atoms with Gasteiger partial charge < -0.3 is 22.4 Å². The Labute approximate surface area is 403 Å². The van der Waals surface area contributed by atoms with Crippen LogP contribution in [0.15, 0.2) is 223 Å². The number of nitrogens with zero attached hydrogens (tertiary/aromatic N) is 4. The van der Waals surface area contributed by atoms with Crippen molar-refractivity contribution < 1.29 is 4.42 Å². The highest BCUT2D eigenvalue weighted by molar-refractivity contribution is 6.42. The largest absolute Gasteiger partial charge is 0.456 e. The van der Waals surface area contributed by atoms with Crippen LogP contribution >= 0.6 is 0 Å². The van der Waals surface area contributed by atoms with Crippen molar-refractivity contribution in [1.82, 2.24) is 17.9 Å². The highest BCUT2D eigenvalue weighted by atomic mass is 16.3. The molecule has 71 heavy (non-hydrogen) atoms. The van der Waals surface area contributed by atoms with Gasteiger partial charge in [0.2, 0.25) is 0 Å². The summed E-state index contributed by atoms with van der Waals surface area (Å²) in [6.45, 7) is 0. The minimum absolute atomic E-state index is 0.888. The van der Waals surface area contributed by atoms with Crippen molar-refractivity contribution in [1.29, 1.82) is 0 Å². The molecule has 18 aromatic rings. The molecule has 0 bridgehead atoms. The van der Waals surface area contributed by atoms with E-state index >= 15 is 0 Å². The number of hydrogen-bond acceptors (Lipinski definition) is 1. The van der Waals surface area contributed by atoms with Gasteiger partial charge >= 0.3 is 0 Å². The van der Waals surface area contributed by atoms with E-state index in [1.54, 1.807) is 0 Å². The molecule has 11 aromatic carbocycles. The number of hydrogen-bond donors (Lipinski definition) is 0. The summed E-state index contributed by atoms with van der Waals surface area (Å²) in [5.41, 5.74) is 18.6. The molecular formula is C66H36N4O. The second-order valence-electron chi connectivity index (χ2n) is 19.5. The van der Waals surface area contributed by atoms with Crippen LogP contribution in [0.25, 0.3) is 164 Å². The number of rotatable bonds is 3. The van der Waals surface area contributed by atoms with Gasteiger partial charge in [-0.3, -0.25) is 0 Å². The molecule has 0 amide bonds. The number of fused-ring (bicyclic) bond motifs is 23. The fraction of sp³-hybridized carbons (Fsp3) is 0. The molecule has 7 aromatic heterocycles. The second kappa shape index (κ2) is 12.7. The Hall–Kier alpha value is -9.58. The normalized spacial score (nSPS) is 12.8. The van der Waals surface area contributed by atoms with E-state index in [0.717, 1.165) is 38.9 Å². The molecule has 0 radical (unpaired) electrons. The molecule has 0 aliphatic heterocycles. The Morgan fingerprint density at radius 1 is 0.254 bits per heavy atom. The van der Waals surface area contributed by atoms with Gasteiger partial charge in [0.05, 0.1) is 55.2 Å². The average Bonchev–Trinajstić information content (AvgIpc) is 4.32. The maximum Gasteiger partial charge on any atom is 0.135 e. The Morgan fingerprint density at radius 3 is 1.23 bits per heavy atom. The summed E-state index contributed by atoms with van der Waals surface area (Å²) in [6.07, 6.45) is 0. The van der Waals surface area contributed by atoms with E-state index in [9.17, 15) is 0 Å². The lowest BCUT2D eigenvalue weighted by Gasteiger charge is -2.12. The van der Waals surface area contributed by atoms with Crippen molar-refractivity contribution in [3.63, 3.8) is 0 Å². The summed E-state index contributed by atoms with van der Waals surface area (Å²) in [5, 5.41) is 17.3. The summed E-state index contributed by atoms with van der Waals surface area (Å²) in [5.74, 6) is 0. The third kappa shape index (κ3) is 4.32. The molecule has 5 nitrogen and oxygen atoms in total. The first kappa shape index (κ1) is 36.5. The lowest BCUT2D eigenvalue weighted by Crippen LogP contribution is -1.92. The van der Waals surface area contributed by atoms with E-state index in [4.69, 9.17) is 4.42 Å². The van der Waals surface area contributed by atoms with Crippen LogP contribution in [0.4, 0.5) is 0 Å². The summed E-state index contributed by atoms with van der Waals surface area (Å²) in [7, 11) is 0. The molecule has 0 aliphatic rings. The smallest absolute Gasteiger partial charge is 0.135 e. The van der Waals surface area contributed by atoms with Gasteiger partial charge in [0, 0.05) is 92.3 Å². The fourth-order valence-corrected chi connectivity index (χ4v) is 13.5. The molecule has 0 unspecified atom stereocenters. The van der Waals surface area contributed by atoms with Gasteiger partial charge in [-0.25, -0.2) is 0 Å². The zero-order chi connectivity index (χ0) is 45.8. The van der Waals surface area contributed by atoms with Crippen molar-refractivity contribution >= 4 is 142 Å². The predicted molar refractivity (Wildman–Crippen MR) is 297 cm³/mol. The van der Waals surface area contributed by atoms with Crippen LogP contribution in [0.2, 0.25) is 0 Å². The Balaban J connectivity index is 1.17. The third-order valence-corrected chi connectivity index (χ3v) is 16.1. The third-order valence-electron chi connectivity index (χ3n) is 16.1. The van der Waals surface area contributed by atoms with Crippen LogP contribution < -0.4 is 0 Å². The van der Waals surface area contributed by atoms with Gasteiger partial charge in [0.15, 0.2) is 0 Å². The first-order valence-electron chi connectivity index (χ1n) is 24.5. The zero-order valence-corrected chi connectivity index (χ0v) is 38.0. The fourth-order valence-electron chi connectivity index (χ4n) is 13.5. The first-order valence-corrected chi connectivity index (χ1v) is 24.5. The van der Waals surface area contributed by atoms with Crippen LogP contribution in [0, 0.1) is 0 Å². The molecule has 326 valence electrons. The van der Waals surface area contributed by atoms with E-state index in [1.165, 1.54) is 125 Å². The molecule has 0 aliphatic carbocycles. The average molecular weight is 901 g/mol. The first-order chi connectivity index (χ1) is 35.3.